The monoisotopic (exact) mass is 332 g/mol. The Morgan fingerprint density at radius 2 is 1.60 bits per heavy atom. The predicted molar refractivity (Wildman–Crippen MR) is 97.0 cm³/mol. The molecule has 3 aromatic heterocycles. The van der Waals surface area contributed by atoms with Crippen molar-refractivity contribution in [2.75, 3.05) is 0 Å². The van der Waals surface area contributed by atoms with Crippen molar-refractivity contribution in [1.82, 2.24) is 18.7 Å². The zero-order valence-corrected chi connectivity index (χ0v) is 13.9. The lowest BCUT2D eigenvalue weighted by Crippen LogP contribution is -2.36. The van der Waals surface area contributed by atoms with E-state index in [1.165, 1.54) is 11.6 Å². The van der Waals surface area contributed by atoms with E-state index in [2.05, 4.69) is 4.98 Å². The highest BCUT2D eigenvalue weighted by atomic mass is 16.2. The van der Waals surface area contributed by atoms with Gasteiger partial charge in [-0.15, -0.1) is 0 Å². The number of hydrogen-bond donors (Lipinski definition) is 0. The summed E-state index contributed by atoms with van der Waals surface area (Å²) in [4.78, 5) is 29.6. The zero-order chi connectivity index (χ0) is 17.6. The Morgan fingerprint density at radius 3 is 2.28 bits per heavy atom. The maximum atomic E-state index is 12.9. The third-order valence-electron chi connectivity index (χ3n) is 4.38. The molecule has 0 N–H and O–H groups in total. The van der Waals surface area contributed by atoms with Crippen molar-refractivity contribution in [3.63, 3.8) is 0 Å². The third kappa shape index (κ3) is 2.22. The molecule has 0 aliphatic heterocycles. The molecule has 124 valence electrons. The van der Waals surface area contributed by atoms with Gasteiger partial charge in [0.15, 0.2) is 0 Å². The molecule has 0 spiro atoms. The first-order valence-electron chi connectivity index (χ1n) is 7.87. The zero-order valence-electron chi connectivity index (χ0n) is 13.9. The average Bonchev–Trinajstić information content (AvgIpc) is 3.07. The van der Waals surface area contributed by atoms with Gasteiger partial charge in [0.25, 0.3) is 5.56 Å². The Balaban J connectivity index is 2.23. The Hall–Kier alpha value is -3.41. The van der Waals surface area contributed by atoms with Gasteiger partial charge in [-0.25, -0.2) is 9.78 Å². The topological polar surface area (TPSA) is 61.8 Å². The molecule has 0 saturated carbocycles. The Bertz CT molecular complexity index is 1190. The van der Waals surface area contributed by atoms with Crippen LogP contribution < -0.4 is 11.2 Å². The van der Waals surface area contributed by atoms with Crippen LogP contribution in [0.4, 0.5) is 0 Å². The summed E-state index contributed by atoms with van der Waals surface area (Å²) in [6.45, 7) is 0. The first kappa shape index (κ1) is 15.1. The number of aryl methyl sites for hydroxylation is 1. The van der Waals surface area contributed by atoms with Gasteiger partial charge in [-0.2, -0.15) is 0 Å². The maximum absolute atomic E-state index is 12.9. The molecule has 0 unspecified atom stereocenters. The molecule has 0 saturated heterocycles. The first-order chi connectivity index (χ1) is 12.1. The van der Waals surface area contributed by atoms with Gasteiger partial charge in [-0.3, -0.25) is 18.5 Å². The van der Waals surface area contributed by atoms with Crippen LogP contribution in [-0.2, 0) is 14.1 Å². The van der Waals surface area contributed by atoms with E-state index in [0.29, 0.717) is 16.7 Å². The molecule has 1 aromatic carbocycles. The fourth-order valence-corrected chi connectivity index (χ4v) is 3.10. The van der Waals surface area contributed by atoms with Crippen molar-refractivity contribution in [1.29, 1.82) is 0 Å². The van der Waals surface area contributed by atoms with Crippen molar-refractivity contribution >= 4 is 10.9 Å². The molecule has 0 aliphatic rings. The van der Waals surface area contributed by atoms with Crippen LogP contribution in [0.1, 0.15) is 0 Å². The largest absolute Gasteiger partial charge is 0.330 e. The summed E-state index contributed by atoms with van der Waals surface area (Å²) in [5, 5.41) is 0.501. The normalized spacial score (nSPS) is 11.1. The molecule has 0 aliphatic carbocycles. The van der Waals surface area contributed by atoms with Gasteiger partial charge in [-0.05, 0) is 17.7 Å². The maximum Gasteiger partial charge on any atom is 0.330 e. The molecule has 6 heteroatoms. The van der Waals surface area contributed by atoms with Crippen molar-refractivity contribution < 1.29 is 0 Å². The van der Waals surface area contributed by atoms with Gasteiger partial charge >= 0.3 is 5.69 Å². The van der Waals surface area contributed by atoms with Crippen LogP contribution in [0.25, 0.3) is 28.0 Å². The van der Waals surface area contributed by atoms with E-state index < -0.39 is 0 Å². The number of nitrogens with zero attached hydrogens (tertiary/aromatic N) is 4. The highest BCUT2D eigenvalue weighted by molar-refractivity contribution is 5.94. The van der Waals surface area contributed by atoms with Crippen LogP contribution in [0.15, 0.2) is 70.5 Å². The molecule has 4 aromatic rings. The highest BCUT2D eigenvalue weighted by Gasteiger charge is 2.20. The highest BCUT2D eigenvalue weighted by Crippen LogP contribution is 2.29. The minimum absolute atomic E-state index is 0.313. The molecule has 0 fully saturated rings. The second-order valence-corrected chi connectivity index (χ2v) is 5.87. The molecular weight excluding hydrogens is 316 g/mol. The summed E-state index contributed by atoms with van der Waals surface area (Å²) in [6, 6.07) is 15.2. The van der Waals surface area contributed by atoms with Crippen LogP contribution in [0.3, 0.4) is 0 Å². The summed E-state index contributed by atoms with van der Waals surface area (Å²) in [5.74, 6) is 0.687. The minimum atomic E-state index is -0.352. The molecule has 6 nitrogen and oxygen atoms in total. The quantitative estimate of drug-likeness (QED) is 0.565. The summed E-state index contributed by atoms with van der Waals surface area (Å²) in [6.07, 6.45) is 3.49. The number of aromatic nitrogens is 4. The van der Waals surface area contributed by atoms with E-state index in [1.54, 1.807) is 19.4 Å². The molecule has 0 amide bonds. The SMILES string of the molecule is Cn1c(=O)c2c(-c3ccccc3)n(-c3ccccn3)cc2n(C)c1=O. The van der Waals surface area contributed by atoms with Gasteiger partial charge in [0.05, 0.1) is 16.6 Å². The number of pyridine rings is 1. The van der Waals surface area contributed by atoms with Crippen molar-refractivity contribution in [3.8, 4) is 17.1 Å². The number of rotatable bonds is 2. The van der Waals surface area contributed by atoms with Gasteiger partial charge in [0, 0.05) is 26.5 Å². The molecule has 0 bridgehead atoms. The summed E-state index contributed by atoms with van der Waals surface area (Å²) >= 11 is 0. The molecule has 25 heavy (non-hydrogen) atoms. The molecular formula is C19H16N4O2. The van der Waals surface area contributed by atoms with Crippen LogP contribution in [0.5, 0.6) is 0 Å². The average molecular weight is 332 g/mol. The Kier molecular flexibility index (Phi) is 3.39. The van der Waals surface area contributed by atoms with E-state index in [-0.39, 0.29) is 11.2 Å². The smallest absolute Gasteiger partial charge is 0.298 e. The summed E-state index contributed by atoms with van der Waals surface area (Å²) < 4.78 is 4.49. The number of benzene rings is 1. The fourth-order valence-electron chi connectivity index (χ4n) is 3.10. The van der Waals surface area contributed by atoms with Gasteiger partial charge in [0.1, 0.15) is 5.82 Å². The van der Waals surface area contributed by atoms with E-state index in [4.69, 9.17) is 0 Å². The molecule has 4 rings (SSSR count). The van der Waals surface area contributed by atoms with E-state index in [9.17, 15) is 9.59 Å². The van der Waals surface area contributed by atoms with E-state index >= 15 is 0 Å². The summed E-state index contributed by atoms with van der Waals surface area (Å²) in [7, 11) is 3.17. The molecule has 3 heterocycles. The number of fused-ring (bicyclic) bond motifs is 1. The first-order valence-corrected chi connectivity index (χ1v) is 7.87. The standard InChI is InChI=1S/C19H16N4O2/c1-21-14-12-23(15-10-6-7-11-20-15)17(13-8-4-3-5-9-13)16(14)18(24)22(2)19(21)25/h3-12H,1-2H3. The second kappa shape index (κ2) is 5.59. The van der Waals surface area contributed by atoms with Crippen molar-refractivity contribution in [3.05, 3.63) is 81.8 Å². The third-order valence-corrected chi connectivity index (χ3v) is 4.38. The van der Waals surface area contributed by atoms with Gasteiger partial charge in [0.2, 0.25) is 0 Å². The van der Waals surface area contributed by atoms with Gasteiger partial charge < -0.3 is 0 Å². The van der Waals surface area contributed by atoms with Crippen LogP contribution in [0.2, 0.25) is 0 Å². The summed E-state index contributed by atoms with van der Waals surface area (Å²) in [5.41, 5.74) is 1.53. The second-order valence-electron chi connectivity index (χ2n) is 5.87. The van der Waals surface area contributed by atoms with Crippen LogP contribution >= 0.6 is 0 Å². The lowest BCUT2D eigenvalue weighted by Gasteiger charge is -2.09. The number of hydrogen-bond acceptors (Lipinski definition) is 3. The molecule has 0 radical (unpaired) electrons. The minimum Gasteiger partial charge on any atom is -0.298 e. The lowest BCUT2D eigenvalue weighted by atomic mass is 10.1. The predicted octanol–water partition coefficient (Wildman–Crippen LogP) is 2.09. The van der Waals surface area contributed by atoms with Gasteiger partial charge in [-0.1, -0.05) is 36.4 Å². The Morgan fingerprint density at radius 1 is 0.880 bits per heavy atom. The van der Waals surface area contributed by atoms with Crippen LogP contribution in [0, 0.1) is 0 Å². The Labute approximate surface area is 143 Å². The fraction of sp³-hybridized carbons (Fsp3) is 0.105. The lowest BCUT2D eigenvalue weighted by molar-refractivity contribution is 0.714. The van der Waals surface area contributed by atoms with E-state index in [1.807, 2.05) is 53.1 Å². The van der Waals surface area contributed by atoms with Crippen molar-refractivity contribution in [2.45, 2.75) is 0 Å². The van der Waals surface area contributed by atoms with Crippen molar-refractivity contribution in [2.24, 2.45) is 14.1 Å². The van der Waals surface area contributed by atoms with E-state index in [0.717, 1.165) is 15.8 Å². The van der Waals surface area contributed by atoms with Crippen LogP contribution in [-0.4, -0.2) is 18.7 Å². The molecule has 0 atom stereocenters.